The van der Waals surface area contributed by atoms with Crippen molar-refractivity contribution in [3.8, 4) is 6.07 Å². The first kappa shape index (κ1) is 13.9. The highest BCUT2D eigenvalue weighted by Crippen LogP contribution is 2.25. The van der Waals surface area contributed by atoms with Crippen molar-refractivity contribution in [1.29, 1.82) is 5.26 Å². The maximum absolute atomic E-state index is 9.11. The molecule has 0 saturated heterocycles. The number of nitriles is 1. The number of halogens is 2. The average Bonchev–Trinajstić information content (AvgIpc) is 2.40. The fraction of sp³-hybridized carbons (Fsp3) is 0.133. The molecule has 0 amide bonds. The molecule has 96 valence electrons. The summed E-state index contributed by atoms with van der Waals surface area (Å²) in [6, 6.07) is 15.6. The molecule has 0 heterocycles. The van der Waals surface area contributed by atoms with Gasteiger partial charge in [-0.15, -0.1) is 0 Å². The van der Waals surface area contributed by atoms with Gasteiger partial charge in [0.05, 0.1) is 11.3 Å². The summed E-state index contributed by atoms with van der Waals surface area (Å²) in [5.41, 5.74) is 2.49. The molecule has 4 heteroatoms. The van der Waals surface area contributed by atoms with Gasteiger partial charge in [0.15, 0.2) is 0 Å². The Morgan fingerprint density at radius 2 is 2.05 bits per heavy atom. The number of hydrogen-bond donors (Lipinski definition) is 1. The molecular formula is C15H12BrClN2. The molecule has 2 rings (SSSR count). The van der Waals surface area contributed by atoms with Gasteiger partial charge in [0, 0.05) is 15.5 Å². The van der Waals surface area contributed by atoms with E-state index in [9.17, 15) is 0 Å². The van der Waals surface area contributed by atoms with E-state index in [1.54, 1.807) is 12.1 Å². The van der Waals surface area contributed by atoms with Gasteiger partial charge in [0.2, 0.25) is 0 Å². The van der Waals surface area contributed by atoms with E-state index in [1.807, 2.05) is 24.3 Å². The molecule has 0 spiro atoms. The maximum atomic E-state index is 9.11. The van der Waals surface area contributed by atoms with Crippen LogP contribution in [0.3, 0.4) is 0 Å². The van der Waals surface area contributed by atoms with Crippen LogP contribution in [0.5, 0.6) is 0 Å². The standard InChI is InChI=1S/C15H12BrClN2/c1-10(11-3-2-4-13(16)7-11)19-15-6-5-14(17)8-12(15)9-18/h2-8,10,19H,1H3. The second-order valence-corrected chi connectivity index (χ2v) is 5.57. The molecule has 2 nitrogen and oxygen atoms in total. The van der Waals surface area contributed by atoms with Crippen LogP contribution in [0.4, 0.5) is 5.69 Å². The Morgan fingerprint density at radius 1 is 1.26 bits per heavy atom. The summed E-state index contributed by atoms with van der Waals surface area (Å²) in [5.74, 6) is 0. The molecule has 2 aromatic rings. The Labute approximate surface area is 126 Å². The normalized spacial score (nSPS) is 11.7. The Hall–Kier alpha value is -1.50. The van der Waals surface area contributed by atoms with E-state index in [-0.39, 0.29) is 6.04 Å². The lowest BCUT2D eigenvalue weighted by atomic mass is 10.1. The Balaban J connectivity index is 2.24. The average molecular weight is 336 g/mol. The number of anilines is 1. The molecule has 0 saturated carbocycles. The molecule has 0 aliphatic carbocycles. The topological polar surface area (TPSA) is 35.8 Å². The summed E-state index contributed by atoms with van der Waals surface area (Å²) in [5, 5.41) is 13.0. The molecule has 0 bridgehead atoms. The van der Waals surface area contributed by atoms with Gasteiger partial charge in [0.1, 0.15) is 6.07 Å². The number of nitrogens with one attached hydrogen (secondary N) is 1. The lowest BCUT2D eigenvalue weighted by Gasteiger charge is -2.17. The van der Waals surface area contributed by atoms with E-state index in [0.29, 0.717) is 10.6 Å². The summed E-state index contributed by atoms with van der Waals surface area (Å²) >= 11 is 9.34. The molecule has 1 atom stereocenters. The van der Waals surface area contributed by atoms with Gasteiger partial charge in [0.25, 0.3) is 0 Å². The first-order valence-corrected chi connectivity index (χ1v) is 6.99. The van der Waals surface area contributed by atoms with Crippen LogP contribution in [-0.4, -0.2) is 0 Å². The van der Waals surface area contributed by atoms with Crippen molar-refractivity contribution in [2.75, 3.05) is 5.32 Å². The monoisotopic (exact) mass is 334 g/mol. The van der Waals surface area contributed by atoms with Crippen molar-refractivity contribution < 1.29 is 0 Å². The van der Waals surface area contributed by atoms with Crippen molar-refractivity contribution in [1.82, 2.24) is 0 Å². The van der Waals surface area contributed by atoms with Crippen molar-refractivity contribution in [3.05, 3.63) is 63.1 Å². The fourth-order valence-electron chi connectivity index (χ4n) is 1.83. The molecule has 0 aromatic heterocycles. The predicted molar refractivity (Wildman–Crippen MR) is 82.3 cm³/mol. The fourth-order valence-corrected chi connectivity index (χ4v) is 2.42. The third-order valence-electron chi connectivity index (χ3n) is 2.82. The van der Waals surface area contributed by atoms with Gasteiger partial charge < -0.3 is 5.32 Å². The zero-order valence-corrected chi connectivity index (χ0v) is 12.7. The highest BCUT2D eigenvalue weighted by Gasteiger charge is 2.09. The van der Waals surface area contributed by atoms with Gasteiger partial charge >= 0.3 is 0 Å². The Bertz CT molecular complexity index is 634. The second kappa shape index (κ2) is 6.10. The van der Waals surface area contributed by atoms with E-state index in [1.165, 1.54) is 0 Å². The lowest BCUT2D eigenvalue weighted by molar-refractivity contribution is 0.883. The zero-order chi connectivity index (χ0) is 13.8. The third-order valence-corrected chi connectivity index (χ3v) is 3.55. The van der Waals surface area contributed by atoms with E-state index in [0.717, 1.165) is 15.7 Å². The van der Waals surface area contributed by atoms with E-state index >= 15 is 0 Å². The van der Waals surface area contributed by atoms with Crippen LogP contribution in [0, 0.1) is 11.3 Å². The quantitative estimate of drug-likeness (QED) is 0.842. The van der Waals surface area contributed by atoms with Crippen LogP contribution in [0.25, 0.3) is 0 Å². The number of nitrogens with zero attached hydrogens (tertiary/aromatic N) is 1. The van der Waals surface area contributed by atoms with Crippen molar-refractivity contribution >= 4 is 33.2 Å². The maximum Gasteiger partial charge on any atom is 0.101 e. The first-order chi connectivity index (χ1) is 9.10. The van der Waals surface area contributed by atoms with E-state index in [2.05, 4.69) is 40.3 Å². The lowest BCUT2D eigenvalue weighted by Crippen LogP contribution is -2.07. The molecular weight excluding hydrogens is 324 g/mol. The number of benzene rings is 2. The first-order valence-electron chi connectivity index (χ1n) is 5.82. The van der Waals surface area contributed by atoms with Crippen LogP contribution >= 0.6 is 27.5 Å². The minimum Gasteiger partial charge on any atom is -0.377 e. The molecule has 1 unspecified atom stereocenters. The molecule has 0 aliphatic heterocycles. The predicted octanol–water partition coefficient (Wildman–Crippen LogP) is 5.15. The molecule has 2 aromatic carbocycles. The van der Waals surface area contributed by atoms with Crippen molar-refractivity contribution in [2.45, 2.75) is 13.0 Å². The van der Waals surface area contributed by atoms with Crippen LogP contribution in [0.1, 0.15) is 24.1 Å². The van der Waals surface area contributed by atoms with Crippen LogP contribution in [0.15, 0.2) is 46.9 Å². The molecule has 0 aliphatic rings. The summed E-state index contributed by atoms with van der Waals surface area (Å²) in [6.07, 6.45) is 0. The van der Waals surface area contributed by atoms with Crippen LogP contribution in [-0.2, 0) is 0 Å². The minimum atomic E-state index is 0.103. The smallest absolute Gasteiger partial charge is 0.101 e. The summed E-state index contributed by atoms with van der Waals surface area (Å²) in [7, 11) is 0. The number of hydrogen-bond acceptors (Lipinski definition) is 2. The highest BCUT2D eigenvalue weighted by atomic mass is 79.9. The van der Waals surface area contributed by atoms with Crippen molar-refractivity contribution in [3.63, 3.8) is 0 Å². The van der Waals surface area contributed by atoms with Crippen molar-refractivity contribution in [2.24, 2.45) is 0 Å². The largest absolute Gasteiger partial charge is 0.377 e. The van der Waals surface area contributed by atoms with E-state index < -0.39 is 0 Å². The zero-order valence-electron chi connectivity index (χ0n) is 10.3. The van der Waals surface area contributed by atoms with Gasteiger partial charge in [-0.3, -0.25) is 0 Å². The van der Waals surface area contributed by atoms with Crippen LogP contribution < -0.4 is 5.32 Å². The summed E-state index contributed by atoms with van der Waals surface area (Å²) < 4.78 is 1.04. The second-order valence-electron chi connectivity index (χ2n) is 4.22. The van der Waals surface area contributed by atoms with Gasteiger partial charge in [-0.05, 0) is 42.8 Å². The molecule has 0 radical (unpaired) electrons. The van der Waals surface area contributed by atoms with Gasteiger partial charge in [-0.25, -0.2) is 0 Å². The SMILES string of the molecule is CC(Nc1ccc(Cl)cc1C#N)c1cccc(Br)c1. The highest BCUT2D eigenvalue weighted by molar-refractivity contribution is 9.10. The molecule has 1 N–H and O–H groups in total. The van der Waals surface area contributed by atoms with Gasteiger partial charge in [-0.1, -0.05) is 39.7 Å². The third kappa shape index (κ3) is 3.50. The molecule has 0 fully saturated rings. The minimum absolute atomic E-state index is 0.103. The number of rotatable bonds is 3. The van der Waals surface area contributed by atoms with Gasteiger partial charge in [-0.2, -0.15) is 5.26 Å². The summed E-state index contributed by atoms with van der Waals surface area (Å²) in [4.78, 5) is 0. The van der Waals surface area contributed by atoms with Crippen LogP contribution in [0.2, 0.25) is 5.02 Å². The summed E-state index contributed by atoms with van der Waals surface area (Å²) in [6.45, 7) is 2.05. The van der Waals surface area contributed by atoms with E-state index in [4.69, 9.17) is 16.9 Å². The Kier molecular flexibility index (Phi) is 4.47. The Morgan fingerprint density at radius 3 is 2.74 bits per heavy atom. The molecule has 19 heavy (non-hydrogen) atoms.